The Morgan fingerprint density at radius 1 is 1.55 bits per heavy atom. The largest absolute Gasteiger partial charge is 0.364 e. The van der Waals surface area contributed by atoms with Crippen molar-refractivity contribution in [1.29, 1.82) is 0 Å². The van der Waals surface area contributed by atoms with Crippen molar-refractivity contribution in [1.82, 2.24) is 20.3 Å². The van der Waals surface area contributed by atoms with E-state index in [1.165, 1.54) is 0 Å². The van der Waals surface area contributed by atoms with Crippen LogP contribution in [0.25, 0.3) is 11.0 Å². The van der Waals surface area contributed by atoms with Crippen LogP contribution in [0.1, 0.15) is 24.7 Å². The molecule has 0 bridgehead atoms. The molecule has 1 atom stereocenters. The van der Waals surface area contributed by atoms with E-state index in [1.54, 1.807) is 7.11 Å². The van der Waals surface area contributed by atoms with Gasteiger partial charge in [0.25, 0.3) is 0 Å². The first-order valence-electron chi connectivity index (χ1n) is 6.94. The van der Waals surface area contributed by atoms with E-state index >= 15 is 0 Å². The first-order valence-corrected chi connectivity index (χ1v) is 6.94. The van der Waals surface area contributed by atoms with Crippen molar-refractivity contribution in [2.24, 2.45) is 0 Å². The fourth-order valence-corrected chi connectivity index (χ4v) is 2.82. The van der Waals surface area contributed by atoms with Gasteiger partial charge in [0.2, 0.25) is 0 Å². The number of H-pyrrole nitrogens is 1. The summed E-state index contributed by atoms with van der Waals surface area (Å²) in [4.78, 5) is 15.4. The van der Waals surface area contributed by atoms with Crippen molar-refractivity contribution in [3.8, 4) is 0 Å². The minimum Gasteiger partial charge on any atom is -0.364 e. The van der Waals surface area contributed by atoms with E-state index in [0.717, 1.165) is 41.9 Å². The summed E-state index contributed by atoms with van der Waals surface area (Å²) in [6.45, 7) is 5.80. The molecule has 5 heteroatoms. The third-order valence-electron chi connectivity index (χ3n) is 3.80. The molecule has 1 aromatic carbocycles. The summed E-state index contributed by atoms with van der Waals surface area (Å²) in [7, 11) is 1.62. The maximum atomic E-state index is 4.90. The standard InChI is InChI=1S/C15H20N4O/c1-11(10-16-20-2)19-9-5-8-14(19)15-17-12-6-3-4-7-13(12)18-15/h3-4,6-7,14,16H,1,5,8-10H2,2H3,(H,17,18)/t14-/m0/s1. The van der Waals surface area contributed by atoms with Crippen molar-refractivity contribution in [2.45, 2.75) is 18.9 Å². The predicted molar refractivity (Wildman–Crippen MR) is 78.9 cm³/mol. The van der Waals surface area contributed by atoms with E-state index in [0.29, 0.717) is 6.54 Å². The van der Waals surface area contributed by atoms with Gasteiger partial charge in [-0.2, -0.15) is 5.48 Å². The predicted octanol–water partition coefficient (Wildman–Crippen LogP) is 2.36. The van der Waals surface area contributed by atoms with Gasteiger partial charge in [0.05, 0.1) is 30.7 Å². The molecule has 106 valence electrons. The quantitative estimate of drug-likeness (QED) is 0.820. The van der Waals surface area contributed by atoms with E-state index in [-0.39, 0.29) is 6.04 Å². The second kappa shape index (κ2) is 5.64. The summed E-state index contributed by atoms with van der Waals surface area (Å²) < 4.78 is 0. The molecule has 0 saturated carbocycles. The zero-order valence-electron chi connectivity index (χ0n) is 11.7. The monoisotopic (exact) mass is 272 g/mol. The fourth-order valence-electron chi connectivity index (χ4n) is 2.82. The fraction of sp³-hybridized carbons (Fsp3) is 0.400. The Morgan fingerprint density at radius 2 is 2.40 bits per heavy atom. The summed E-state index contributed by atoms with van der Waals surface area (Å²) in [6.07, 6.45) is 2.26. The van der Waals surface area contributed by atoms with Gasteiger partial charge in [-0.3, -0.25) is 0 Å². The van der Waals surface area contributed by atoms with Gasteiger partial charge in [0, 0.05) is 12.2 Å². The highest BCUT2D eigenvalue weighted by Crippen LogP contribution is 2.33. The molecule has 5 nitrogen and oxygen atoms in total. The van der Waals surface area contributed by atoms with Gasteiger partial charge in [0.1, 0.15) is 5.82 Å². The van der Waals surface area contributed by atoms with Crippen LogP contribution in [0.5, 0.6) is 0 Å². The third kappa shape index (κ3) is 2.42. The van der Waals surface area contributed by atoms with Crippen molar-refractivity contribution in [3.05, 3.63) is 42.4 Å². The van der Waals surface area contributed by atoms with Crippen molar-refractivity contribution >= 4 is 11.0 Å². The lowest BCUT2D eigenvalue weighted by molar-refractivity contribution is 0.0919. The number of para-hydroxylation sites is 2. The number of imidazole rings is 1. The average molecular weight is 272 g/mol. The highest BCUT2D eigenvalue weighted by molar-refractivity contribution is 5.74. The molecule has 0 spiro atoms. The van der Waals surface area contributed by atoms with Crippen LogP contribution in [0.3, 0.4) is 0 Å². The van der Waals surface area contributed by atoms with Gasteiger partial charge in [-0.25, -0.2) is 4.98 Å². The van der Waals surface area contributed by atoms with Crippen LogP contribution >= 0.6 is 0 Å². The molecule has 2 aromatic rings. The number of benzene rings is 1. The Hall–Kier alpha value is -1.85. The van der Waals surface area contributed by atoms with Crippen LogP contribution < -0.4 is 5.48 Å². The lowest BCUT2D eigenvalue weighted by Crippen LogP contribution is -2.29. The molecule has 20 heavy (non-hydrogen) atoms. The van der Waals surface area contributed by atoms with Crippen molar-refractivity contribution in [2.75, 3.05) is 20.2 Å². The number of likely N-dealkylation sites (tertiary alicyclic amines) is 1. The maximum absolute atomic E-state index is 4.90. The van der Waals surface area contributed by atoms with Gasteiger partial charge in [-0.15, -0.1) is 0 Å². The van der Waals surface area contributed by atoms with Gasteiger partial charge in [-0.05, 0) is 25.0 Å². The maximum Gasteiger partial charge on any atom is 0.130 e. The zero-order chi connectivity index (χ0) is 13.9. The van der Waals surface area contributed by atoms with Gasteiger partial charge in [0.15, 0.2) is 0 Å². The summed E-state index contributed by atoms with van der Waals surface area (Å²) in [5.41, 5.74) is 6.00. The topological polar surface area (TPSA) is 53.2 Å². The lowest BCUT2D eigenvalue weighted by Gasteiger charge is -2.27. The molecule has 0 unspecified atom stereocenters. The summed E-state index contributed by atoms with van der Waals surface area (Å²) in [6, 6.07) is 8.43. The first-order chi connectivity index (χ1) is 9.79. The van der Waals surface area contributed by atoms with E-state index in [4.69, 9.17) is 9.82 Å². The Labute approximate surface area is 118 Å². The SMILES string of the molecule is C=C(CNOC)N1CCC[C@H]1c1nc2ccccc2[nH]1. The first kappa shape index (κ1) is 13.1. The van der Waals surface area contributed by atoms with Crippen molar-refractivity contribution < 1.29 is 4.84 Å². The van der Waals surface area contributed by atoms with Crippen LogP contribution in [0, 0.1) is 0 Å². The third-order valence-corrected chi connectivity index (χ3v) is 3.80. The highest BCUT2D eigenvalue weighted by atomic mass is 16.6. The smallest absolute Gasteiger partial charge is 0.130 e. The Morgan fingerprint density at radius 3 is 3.20 bits per heavy atom. The van der Waals surface area contributed by atoms with Crippen LogP contribution in [0.4, 0.5) is 0 Å². The van der Waals surface area contributed by atoms with Gasteiger partial charge >= 0.3 is 0 Å². The number of hydrogen-bond acceptors (Lipinski definition) is 4. The summed E-state index contributed by atoms with van der Waals surface area (Å²) >= 11 is 0. The van der Waals surface area contributed by atoms with Crippen LogP contribution in [0.2, 0.25) is 0 Å². The second-order valence-electron chi connectivity index (χ2n) is 5.08. The highest BCUT2D eigenvalue weighted by Gasteiger charge is 2.29. The molecular formula is C15H20N4O. The number of hydrogen-bond donors (Lipinski definition) is 2. The molecule has 1 aliphatic rings. The Bertz CT molecular complexity index is 574. The molecule has 1 saturated heterocycles. The van der Waals surface area contributed by atoms with E-state index in [2.05, 4.69) is 28.0 Å². The molecule has 2 heterocycles. The molecule has 0 radical (unpaired) electrons. The lowest BCUT2D eigenvalue weighted by atomic mass is 10.2. The number of nitrogens with one attached hydrogen (secondary N) is 2. The van der Waals surface area contributed by atoms with Crippen molar-refractivity contribution in [3.63, 3.8) is 0 Å². The number of rotatable bonds is 5. The number of nitrogens with zero attached hydrogens (tertiary/aromatic N) is 2. The van der Waals surface area contributed by atoms with Crippen LogP contribution in [0.15, 0.2) is 36.5 Å². The van der Waals surface area contributed by atoms with Crippen LogP contribution in [-0.2, 0) is 4.84 Å². The summed E-state index contributed by atoms with van der Waals surface area (Å²) in [5.74, 6) is 1.03. The molecule has 0 aliphatic carbocycles. The number of aromatic amines is 1. The molecule has 1 aliphatic heterocycles. The number of aromatic nitrogens is 2. The average Bonchev–Trinajstić information content (AvgIpc) is 3.09. The van der Waals surface area contributed by atoms with E-state index < -0.39 is 0 Å². The normalized spacial score (nSPS) is 18.9. The number of fused-ring (bicyclic) bond motifs is 1. The molecule has 1 fully saturated rings. The second-order valence-corrected chi connectivity index (χ2v) is 5.08. The van der Waals surface area contributed by atoms with Gasteiger partial charge in [-0.1, -0.05) is 18.7 Å². The molecule has 0 amide bonds. The minimum absolute atomic E-state index is 0.286. The Kier molecular flexibility index (Phi) is 3.71. The minimum atomic E-state index is 0.286. The van der Waals surface area contributed by atoms with E-state index in [1.807, 2.05) is 18.2 Å². The molecule has 2 N–H and O–H groups in total. The molecule has 3 rings (SSSR count). The van der Waals surface area contributed by atoms with Gasteiger partial charge < -0.3 is 14.7 Å². The molecule has 1 aromatic heterocycles. The molecular weight excluding hydrogens is 252 g/mol. The zero-order valence-corrected chi connectivity index (χ0v) is 11.7. The van der Waals surface area contributed by atoms with E-state index in [9.17, 15) is 0 Å². The Balaban J connectivity index is 1.82. The summed E-state index contributed by atoms with van der Waals surface area (Å²) in [5, 5.41) is 0. The number of hydroxylamine groups is 1. The van der Waals surface area contributed by atoms with Crippen LogP contribution in [-0.4, -0.2) is 35.1 Å².